The standard InChI is InChI=1S/C29H36FN5O3/c1-29(2,3)38-28(37)34-18-16-33(17-19-34)22-9-7-21(8-10-22)24-20-23(11-12-25(24)30)35-15-5-4-6-26(35)27(36)32-14-13-31/h7-12,20,26H,4-6,14-19H2,1-3H3,(H,32,36). The highest BCUT2D eigenvalue weighted by atomic mass is 19.1. The van der Waals surface area contributed by atoms with Gasteiger partial charge in [0.05, 0.1) is 6.07 Å². The number of carbonyl (C=O) groups is 2. The number of piperidine rings is 1. The zero-order chi connectivity index (χ0) is 27.3. The molecule has 2 aromatic rings. The fraction of sp³-hybridized carbons (Fsp3) is 0.483. The first kappa shape index (κ1) is 27.2. The van der Waals surface area contributed by atoms with Crippen LogP contribution in [0.5, 0.6) is 0 Å². The van der Waals surface area contributed by atoms with Crippen molar-refractivity contribution in [3.8, 4) is 17.2 Å². The SMILES string of the molecule is CC(C)(C)OC(=O)N1CCN(c2ccc(-c3cc(N4CCCCC4C(=O)NCC#N)ccc3F)cc2)CC1. The molecule has 0 spiro atoms. The number of anilines is 2. The van der Waals surface area contributed by atoms with Crippen LogP contribution in [0.3, 0.4) is 0 Å². The lowest BCUT2D eigenvalue weighted by molar-refractivity contribution is -0.122. The first-order valence-electron chi connectivity index (χ1n) is 13.2. The third-order valence-corrected chi connectivity index (χ3v) is 6.90. The molecule has 1 atom stereocenters. The van der Waals surface area contributed by atoms with E-state index in [1.807, 2.05) is 56.0 Å². The van der Waals surface area contributed by atoms with Crippen LogP contribution in [0.15, 0.2) is 42.5 Å². The maximum atomic E-state index is 14.9. The Morgan fingerprint density at radius 2 is 1.71 bits per heavy atom. The molecule has 0 radical (unpaired) electrons. The van der Waals surface area contributed by atoms with Crippen molar-refractivity contribution in [2.75, 3.05) is 49.1 Å². The van der Waals surface area contributed by atoms with Gasteiger partial charge in [-0.1, -0.05) is 12.1 Å². The van der Waals surface area contributed by atoms with E-state index in [9.17, 15) is 14.0 Å². The van der Waals surface area contributed by atoms with Crippen LogP contribution in [0.4, 0.5) is 20.6 Å². The lowest BCUT2D eigenvalue weighted by atomic mass is 9.98. The molecule has 38 heavy (non-hydrogen) atoms. The fourth-order valence-corrected chi connectivity index (χ4v) is 5.00. The van der Waals surface area contributed by atoms with Gasteiger partial charge in [-0.2, -0.15) is 5.26 Å². The Labute approximate surface area is 224 Å². The molecule has 8 nitrogen and oxygen atoms in total. The van der Waals surface area contributed by atoms with Gasteiger partial charge in [-0.25, -0.2) is 9.18 Å². The van der Waals surface area contributed by atoms with Crippen LogP contribution in [-0.2, 0) is 9.53 Å². The van der Waals surface area contributed by atoms with Crippen LogP contribution < -0.4 is 15.1 Å². The minimum Gasteiger partial charge on any atom is -0.444 e. The zero-order valence-corrected chi connectivity index (χ0v) is 22.4. The molecule has 0 aromatic heterocycles. The molecule has 0 bridgehead atoms. The minimum absolute atomic E-state index is 0.0275. The van der Waals surface area contributed by atoms with Crippen LogP contribution in [0.25, 0.3) is 11.1 Å². The Bertz CT molecular complexity index is 1180. The van der Waals surface area contributed by atoms with Crippen molar-refractivity contribution in [1.82, 2.24) is 10.2 Å². The topological polar surface area (TPSA) is 88.9 Å². The number of hydrogen-bond donors (Lipinski definition) is 1. The van der Waals surface area contributed by atoms with Crippen LogP contribution >= 0.6 is 0 Å². The van der Waals surface area contributed by atoms with Crippen molar-refractivity contribution in [1.29, 1.82) is 5.26 Å². The van der Waals surface area contributed by atoms with Gasteiger partial charge in [0.15, 0.2) is 0 Å². The van der Waals surface area contributed by atoms with Crippen molar-refractivity contribution in [3.63, 3.8) is 0 Å². The maximum absolute atomic E-state index is 14.9. The average Bonchev–Trinajstić information content (AvgIpc) is 2.91. The molecule has 4 rings (SSSR count). The predicted molar refractivity (Wildman–Crippen MR) is 145 cm³/mol. The summed E-state index contributed by atoms with van der Waals surface area (Å²) < 4.78 is 20.4. The van der Waals surface area contributed by atoms with Crippen molar-refractivity contribution in [3.05, 3.63) is 48.3 Å². The monoisotopic (exact) mass is 521 g/mol. The Balaban J connectivity index is 1.45. The summed E-state index contributed by atoms with van der Waals surface area (Å²) in [4.78, 5) is 30.9. The highest BCUT2D eigenvalue weighted by molar-refractivity contribution is 5.86. The zero-order valence-electron chi connectivity index (χ0n) is 22.4. The summed E-state index contributed by atoms with van der Waals surface area (Å²) in [5.74, 6) is -0.497. The van der Waals surface area contributed by atoms with Gasteiger partial charge < -0.3 is 24.8 Å². The molecule has 1 unspecified atom stereocenters. The lowest BCUT2D eigenvalue weighted by Gasteiger charge is -2.37. The average molecular weight is 522 g/mol. The quantitative estimate of drug-likeness (QED) is 0.581. The molecule has 2 aromatic carbocycles. The van der Waals surface area contributed by atoms with Gasteiger partial charge in [0, 0.05) is 49.7 Å². The summed E-state index contributed by atoms with van der Waals surface area (Å²) in [6.07, 6.45) is 2.29. The molecule has 2 fully saturated rings. The molecule has 9 heteroatoms. The van der Waals surface area contributed by atoms with E-state index in [0.29, 0.717) is 44.7 Å². The van der Waals surface area contributed by atoms with Gasteiger partial charge in [-0.05, 0) is 75.9 Å². The number of halogens is 1. The molecule has 2 saturated heterocycles. The van der Waals surface area contributed by atoms with E-state index in [4.69, 9.17) is 10.00 Å². The largest absolute Gasteiger partial charge is 0.444 e. The Morgan fingerprint density at radius 1 is 1.03 bits per heavy atom. The maximum Gasteiger partial charge on any atom is 0.410 e. The molecule has 0 aliphatic carbocycles. The van der Waals surface area contributed by atoms with Gasteiger partial charge in [-0.3, -0.25) is 4.79 Å². The molecule has 0 saturated carbocycles. The second kappa shape index (κ2) is 11.7. The summed E-state index contributed by atoms with van der Waals surface area (Å²) in [7, 11) is 0. The molecule has 2 aliphatic heterocycles. The summed E-state index contributed by atoms with van der Waals surface area (Å²) in [6.45, 7) is 8.78. The molecular formula is C29H36FN5O3. The Hall–Kier alpha value is -3.80. The number of carbonyl (C=O) groups excluding carboxylic acids is 2. The van der Waals surface area contributed by atoms with Crippen LogP contribution in [0, 0.1) is 17.1 Å². The Kier molecular flexibility index (Phi) is 8.40. The molecule has 2 amide bonds. The van der Waals surface area contributed by atoms with Gasteiger partial charge in [0.25, 0.3) is 0 Å². The number of rotatable bonds is 5. The number of ether oxygens (including phenoxy) is 1. The van der Waals surface area contributed by atoms with Gasteiger partial charge in [-0.15, -0.1) is 0 Å². The number of benzene rings is 2. The third kappa shape index (κ3) is 6.55. The van der Waals surface area contributed by atoms with E-state index in [2.05, 4.69) is 10.2 Å². The second-order valence-electron chi connectivity index (χ2n) is 10.7. The van der Waals surface area contributed by atoms with Crippen LogP contribution in [0.1, 0.15) is 40.0 Å². The van der Waals surface area contributed by atoms with E-state index in [0.717, 1.165) is 29.8 Å². The normalized spacial score (nSPS) is 18.1. The summed E-state index contributed by atoms with van der Waals surface area (Å²) >= 11 is 0. The van der Waals surface area contributed by atoms with Crippen molar-refractivity contribution >= 4 is 23.4 Å². The van der Waals surface area contributed by atoms with Crippen molar-refractivity contribution in [2.24, 2.45) is 0 Å². The van der Waals surface area contributed by atoms with Crippen LogP contribution in [0.2, 0.25) is 0 Å². The van der Waals surface area contributed by atoms with E-state index < -0.39 is 5.60 Å². The summed E-state index contributed by atoms with van der Waals surface area (Å²) in [6, 6.07) is 14.3. The molecule has 2 heterocycles. The number of nitriles is 1. The van der Waals surface area contributed by atoms with Gasteiger partial charge in [0.2, 0.25) is 5.91 Å². The second-order valence-corrected chi connectivity index (χ2v) is 10.7. The van der Waals surface area contributed by atoms with Crippen molar-refractivity contribution < 1.29 is 18.7 Å². The van der Waals surface area contributed by atoms with E-state index in [-0.39, 0.29) is 30.4 Å². The number of hydrogen-bond acceptors (Lipinski definition) is 6. The van der Waals surface area contributed by atoms with Crippen molar-refractivity contribution in [2.45, 2.75) is 51.7 Å². The first-order chi connectivity index (χ1) is 18.2. The number of piperazine rings is 1. The summed E-state index contributed by atoms with van der Waals surface area (Å²) in [5, 5.41) is 11.5. The first-order valence-corrected chi connectivity index (χ1v) is 13.2. The van der Waals surface area contributed by atoms with E-state index in [1.165, 1.54) is 6.07 Å². The van der Waals surface area contributed by atoms with Crippen LogP contribution in [-0.4, -0.2) is 67.8 Å². The highest BCUT2D eigenvalue weighted by Gasteiger charge is 2.29. The minimum atomic E-state index is -0.519. The molecule has 2 aliphatic rings. The number of nitrogens with one attached hydrogen (secondary N) is 1. The van der Waals surface area contributed by atoms with E-state index in [1.54, 1.807) is 17.0 Å². The van der Waals surface area contributed by atoms with Gasteiger partial charge in [0.1, 0.15) is 24.0 Å². The number of nitrogens with zero attached hydrogens (tertiary/aromatic N) is 4. The predicted octanol–water partition coefficient (Wildman–Crippen LogP) is 4.55. The molecule has 202 valence electrons. The number of amides is 2. The van der Waals surface area contributed by atoms with Gasteiger partial charge >= 0.3 is 6.09 Å². The third-order valence-electron chi connectivity index (χ3n) is 6.90. The fourth-order valence-electron chi connectivity index (χ4n) is 5.00. The summed E-state index contributed by atoms with van der Waals surface area (Å²) in [5.41, 5.74) is 2.52. The lowest BCUT2D eigenvalue weighted by Crippen LogP contribution is -2.50. The highest BCUT2D eigenvalue weighted by Crippen LogP contribution is 2.32. The molecule has 1 N–H and O–H groups in total. The molecular weight excluding hydrogens is 485 g/mol. The smallest absolute Gasteiger partial charge is 0.410 e. The Morgan fingerprint density at radius 3 is 2.37 bits per heavy atom. The van der Waals surface area contributed by atoms with E-state index >= 15 is 0 Å².